The standard InChI is InChI=1S/C22H30N2/c1-5-19-11-9-10-16(2)22(19)24-17(3)14-20(18(24)4)15-23-21-12-7-6-8-13-21/h9-11,14-15,21H,5-8,12-13H2,1-4H3. The van der Waals surface area contributed by atoms with Crippen LogP contribution in [0.1, 0.15) is 67.1 Å². The van der Waals surface area contributed by atoms with Crippen molar-refractivity contribution in [3.05, 3.63) is 52.3 Å². The Bertz CT molecular complexity index is 731. The number of hydrogen-bond donors (Lipinski definition) is 0. The van der Waals surface area contributed by atoms with Crippen molar-refractivity contribution in [1.82, 2.24) is 4.57 Å². The van der Waals surface area contributed by atoms with Gasteiger partial charge in [0, 0.05) is 29.2 Å². The van der Waals surface area contributed by atoms with Gasteiger partial charge in [-0.25, -0.2) is 0 Å². The van der Waals surface area contributed by atoms with Crippen LogP contribution in [0.25, 0.3) is 5.69 Å². The molecule has 24 heavy (non-hydrogen) atoms. The first-order valence-corrected chi connectivity index (χ1v) is 9.42. The normalized spacial score (nSPS) is 16.2. The summed E-state index contributed by atoms with van der Waals surface area (Å²) >= 11 is 0. The van der Waals surface area contributed by atoms with E-state index >= 15 is 0 Å². The fraction of sp³-hybridized carbons (Fsp3) is 0.500. The van der Waals surface area contributed by atoms with Crippen molar-refractivity contribution >= 4 is 6.21 Å². The molecule has 2 aromatic rings. The molecule has 0 radical (unpaired) electrons. The Kier molecular flexibility index (Phi) is 5.23. The lowest BCUT2D eigenvalue weighted by Gasteiger charge is -2.18. The molecule has 0 spiro atoms. The molecule has 1 fully saturated rings. The van der Waals surface area contributed by atoms with Crippen molar-refractivity contribution in [2.24, 2.45) is 4.99 Å². The Hall–Kier alpha value is -1.83. The highest BCUT2D eigenvalue weighted by Crippen LogP contribution is 2.27. The number of para-hydroxylation sites is 1. The second-order valence-corrected chi connectivity index (χ2v) is 7.17. The molecule has 1 aromatic heterocycles. The molecule has 128 valence electrons. The van der Waals surface area contributed by atoms with Gasteiger partial charge in [-0.2, -0.15) is 0 Å². The third-order valence-electron chi connectivity index (χ3n) is 5.40. The number of benzene rings is 1. The Labute approximate surface area is 146 Å². The van der Waals surface area contributed by atoms with E-state index in [2.05, 4.69) is 62.7 Å². The SMILES string of the molecule is CCc1cccc(C)c1-n1c(C)cc(C=NC2CCCCC2)c1C. The summed E-state index contributed by atoms with van der Waals surface area (Å²) < 4.78 is 2.41. The number of rotatable bonds is 4. The van der Waals surface area contributed by atoms with E-state index in [4.69, 9.17) is 4.99 Å². The van der Waals surface area contributed by atoms with Crippen molar-refractivity contribution in [3.8, 4) is 5.69 Å². The fourth-order valence-corrected chi connectivity index (χ4v) is 4.00. The minimum absolute atomic E-state index is 0.534. The Morgan fingerprint density at radius 2 is 1.88 bits per heavy atom. The molecular weight excluding hydrogens is 292 g/mol. The van der Waals surface area contributed by atoms with Gasteiger partial charge in [0.05, 0.1) is 5.69 Å². The highest BCUT2D eigenvalue weighted by Gasteiger charge is 2.15. The van der Waals surface area contributed by atoms with Crippen molar-refractivity contribution in [3.63, 3.8) is 0 Å². The quantitative estimate of drug-likeness (QED) is 0.641. The van der Waals surface area contributed by atoms with Crippen LogP contribution in [0.3, 0.4) is 0 Å². The summed E-state index contributed by atoms with van der Waals surface area (Å²) in [5, 5.41) is 0. The monoisotopic (exact) mass is 322 g/mol. The van der Waals surface area contributed by atoms with Gasteiger partial charge in [-0.1, -0.05) is 44.4 Å². The first kappa shape index (κ1) is 17.0. The lowest BCUT2D eigenvalue weighted by molar-refractivity contribution is 0.444. The summed E-state index contributed by atoms with van der Waals surface area (Å²) in [7, 11) is 0. The average Bonchev–Trinajstić information content (AvgIpc) is 2.87. The maximum Gasteiger partial charge on any atom is 0.0516 e. The second-order valence-electron chi connectivity index (χ2n) is 7.17. The van der Waals surface area contributed by atoms with Crippen LogP contribution in [0, 0.1) is 20.8 Å². The van der Waals surface area contributed by atoms with E-state index in [-0.39, 0.29) is 0 Å². The summed E-state index contributed by atoms with van der Waals surface area (Å²) in [5.41, 5.74) is 7.97. The molecule has 2 nitrogen and oxygen atoms in total. The van der Waals surface area contributed by atoms with Gasteiger partial charge in [0.15, 0.2) is 0 Å². The van der Waals surface area contributed by atoms with E-state index < -0.39 is 0 Å². The summed E-state index contributed by atoms with van der Waals surface area (Å²) in [6.45, 7) is 8.87. The molecule has 1 heterocycles. The first-order valence-electron chi connectivity index (χ1n) is 9.42. The molecule has 0 N–H and O–H groups in total. The minimum atomic E-state index is 0.534. The maximum atomic E-state index is 4.89. The predicted octanol–water partition coefficient (Wildman–Crippen LogP) is 5.72. The van der Waals surface area contributed by atoms with Gasteiger partial charge in [0.25, 0.3) is 0 Å². The van der Waals surface area contributed by atoms with Gasteiger partial charge in [-0.05, 0) is 57.2 Å². The van der Waals surface area contributed by atoms with Crippen LogP contribution in [0.4, 0.5) is 0 Å². The van der Waals surface area contributed by atoms with Crippen LogP contribution in [-0.2, 0) is 6.42 Å². The van der Waals surface area contributed by atoms with E-state index in [1.807, 2.05) is 0 Å². The fourth-order valence-electron chi connectivity index (χ4n) is 4.00. The van der Waals surface area contributed by atoms with Crippen LogP contribution in [-0.4, -0.2) is 16.8 Å². The largest absolute Gasteiger partial charge is 0.317 e. The molecule has 1 aromatic carbocycles. The van der Waals surface area contributed by atoms with Crippen molar-refractivity contribution in [1.29, 1.82) is 0 Å². The van der Waals surface area contributed by atoms with Crippen LogP contribution < -0.4 is 0 Å². The van der Waals surface area contributed by atoms with Gasteiger partial charge in [-0.3, -0.25) is 4.99 Å². The molecule has 0 amide bonds. The Morgan fingerprint density at radius 1 is 1.12 bits per heavy atom. The molecule has 3 rings (SSSR count). The number of aromatic nitrogens is 1. The van der Waals surface area contributed by atoms with Crippen LogP contribution in [0.2, 0.25) is 0 Å². The maximum absolute atomic E-state index is 4.89. The summed E-state index contributed by atoms with van der Waals surface area (Å²) in [4.78, 5) is 4.89. The van der Waals surface area contributed by atoms with Crippen molar-refractivity contribution < 1.29 is 0 Å². The highest BCUT2D eigenvalue weighted by atomic mass is 15.0. The van der Waals surface area contributed by atoms with Crippen LogP contribution in [0.15, 0.2) is 29.3 Å². The highest BCUT2D eigenvalue weighted by molar-refractivity contribution is 5.82. The molecule has 0 saturated heterocycles. The van der Waals surface area contributed by atoms with Crippen LogP contribution >= 0.6 is 0 Å². The number of hydrogen-bond acceptors (Lipinski definition) is 1. The van der Waals surface area contributed by atoms with Crippen molar-refractivity contribution in [2.45, 2.75) is 72.3 Å². The zero-order chi connectivity index (χ0) is 17.1. The number of aryl methyl sites for hydroxylation is 3. The molecule has 0 unspecified atom stereocenters. The Morgan fingerprint density at radius 3 is 2.58 bits per heavy atom. The molecule has 0 atom stereocenters. The van der Waals surface area contributed by atoms with Gasteiger partial charge in [0.1, 0.15) is 0 Å². The predicted molar refractivity (Wildman–Crippen MR) is 104 cm³/mol. The minimum Gasteiger partial charge on any atom is -0.317 e. The van der Waals surface area contributed by atoms with E-state index in [9.17, 15) is 0 Å². The van der Waals surface area contributed by atoms with E-state index in [0.29, 0.717) is 6.04 Å². The summed E-state index contributed by atoms with van der Waals surface area (Å²) in [6, 6.07) is 9.44. The van der Waals surface area contributed by atoms with E-state index in [1.54, 1.807) is 0 Å². The van der Waals surface area contributed by atoms with E-state index in [1.165, 1.54) is 65.9 Å². The molecule has 1 aliphatic rings. The second kappa shape index (κ2) is 7.38. The average molecular weight is 322 g/mol. The smallest absolute Gasteiger partial charge is 0.0516 e. The lowest BCUT2D eigenvalue weighted by atomic mass is 9.96. The molecule has 2 heteroatoms. The summed E-state index contributed by atoms with van der Waals surface area (Å²) in [5.74, 6) is 0. The molecular formula is C22H30N2. The van der Waals surface area contributed by atoms with Crippen LogP contribution in [0.5, 0.6) is 0 Å². The van der Waals surface area contributed by atoms with E-state index in [0.717, 1.165) is 6.42 Å². The molecule has 0 aliphatic heterocycles. The van der Waals surface area contributed by atoms with Gasteiger partial charge in [0.2, 0.25) is 0 Å². The van der Waals surface area contributed by atoms with Gasteiger partial charge in [-0.15, -0.1) is 0 Å². The third kappa shape index (κ3) is 3.33. The summed E-state index contributed by atoms with van der Waals surface area (Å²) in [6.07, 6.45) is 9.75. The number of aliphatic imine (C=N–C) groups is 1. The third-order valence-corrected chi connectivity index (χ3v) is 5.40. The molecule has 1 saturated carbocycles. The van der Waals surface area contributed by atoms with Gasteiger partial charge < -0.3 is 4.57 Å². The number of nitrogens with zero attached hydrogens (tertiary/aromatic N) is 2. The van der Waals surface area contributed by atoms with Crippen molar-refractivity contribution in [2.75, 3.05) is 0 Å². The molecule has 0 bridgehead atoms. The topological polar surface area (TPSA) is 17.3 Å². The van der Waals surface area contributed by atoms with Gasteiger partial charge >= 0.3 is 0 Å². The zero-order valence-corrected chi connectivity index (χ0v) is 15.6. The Balaban J connectivity index is 1.97. The first-order chi connectivity index (χ1) is 11.6. The zero-order valence-electron chi connectivity index (χ0n) is 15.6. The lowest BCUT2D eigenvalue weighted by Crippen LogP contribution is -2.10. The molecule has 1 aliphatic carbocycles.